The fourth-order valence-corrected chi connectivity index (χ4v) is 2.90. The zero-order chi connectivity index (χ0) is 18.1. The molecule has 25 heavy (non-hydrogen) atoms. The van der Waals surface area contributed by atoms with E-state index in [1.54, 1.807) is 37.3 Å². The van der Waals surface area contributed by atoms with Gasteiger partial charge in [0.2, 0.25) is 0 Å². The highest BCUT2D eigenvalue weighted by Gasteiger charge is 2.16. The molecule has 126 valence electrons. The predicted octanol–water partition coefficient (Wildman–Crippen LogP) is 3.42. The van der Waals surface area contributed by atoms with Gasteiger partial charge in [-0.25, -0.2) is 4.39 Å². The van der Waals surface area contributed by atoms with Gasteiger partial charge in [-0.2, -0.15) is 4.99 Å². The zero-order valence-electron chi connectivity index (χ0n) is 13.3. The quantitative estimate of drug-likeness (QED) is 0.543. The molecule has 0 spiro atoms. The number of aryl methyl sites for hydroxylation is 1. The Labute approximate surface area is 148 Å². The molecule has 0 saturated carbocycles. The van der Waals surface area contributed by atoms with Gasteiger partial charge < -0.3 is 11.5 Å². The van der Waals surface area contributed by atoms with Crippen molar-refractivity contribution in [1.29, 1.82) is 0 Å². The molecule has 4 N–H and O–H groups in total. The number of aliphatic imine (C=N–C) groups is 1. The van der Waals surface area contributed by atoms with E-state index in [4.69, 9.17) is 23.1 Å². The maximum absolute atomic E-state index is 14.4. The first-order valence-electron chi connectivity index (χ1n) is 7.36. The Balaban J connectivity index is 2.31. The Hall–Kier alpha value is -2.99. The van der Waals surface area contributed by atoms with E-state index in [-0.39, 0.29) is 22.1 Å². The number of nitrogens with zero attached hydrogens (tertiary/aromatic N) is 2. The summed E-state index contributed by atoms with van der Waals surface area (Å²) in [5.41, 5.74) is 12.9. The average molecular weight is 357 g/mol. The van der Waals surface area contributed by atoms with Gasteiger partial charge in [-0.05, 0) is 48.9 Å². The van der Waals surface area contributed by atoms with Crippen molar-refractivity contribution in [3.8, 4) is 11.1 Å². The Morgan fingerprint density at radius 1 is 1.20 bits per heavy atom. The molecule has 0 aliphatic rings. The van der Waals surface area contributed by atoms with Crippen LogP contribution in [0, 0.1) is 12.7 Å². The number of pyridine rings is 1. The number of nitrogens with two attached hydrogens (primary N) is 2. The van der Waals surface area contributed by atoms with Crippen LogP contribution in [0.2, 0.25) is 5.02 Å². The first-order valence-corrected chi connectivity index (χ1v) is 7.74. The number of guanidine groups is 1. The van der Waals surface area contributed by atoms with E-state index in [1.807, 2.05) is 0 Å². The van der Waals surface area contributed by atoms with Crippen LogP contribution in [0.4, 0.5) is 4.39 Å². The second-order valence-electron chi connectivity index (χ2n) is 5.48. The number of halogens is 2. The molecule has 0 aliphatic carbocycles. The topological polar surface area (TPSA) is 94.4 Å². The summed E-state index contributed by atoms with van der Waals surface area (Å²) in [4.78, 5) is 20.0. The maximum Gasteiger partial charge on any atom is 0.280 e. The van der Waals surface area contributed by atoms with Crippen molar-refractivity contribution >= 4 is 34.4 Å². The minimum Gasteiger partial charge on any atom is -0.370 e. The third kappa shape index (κ3) is 3.29. The van der Waals surface area contributed by atoms with Crippen molar-refractivity contribution in [2.45, 2.75) is 6.92 Å². The molecule has 1 heterocycles. The van der Waals surface area contributed by atoms with Crippen LogP contribution in [0.1, 0.15) is 16.1 Å². The van der Waals surface area contributed by atoms with Crippen LogP contribution < -0.4 is 11.5 Å². The molecule has 0 unspecified atom stereocenters. The highest BCUT2D eigenvalue weighted by Crippen LogP contribution is 2.35. The average Bonchev–Trinajstić information content (AvgIpc) is 2.53. The summed E-state index contributed by atoms with van der Waals surface area (Å²) in [5, 5.41) is 0.849. The van der Waals surface area contributed by atoms with Crippen LogP contribution in [0.3, 0.4) is 0 Å². The van der Waals surface area contributed by atoms with E-state index in [2.05, 4.69) is 9.98 Å². The molecule has 1 aromatic heterocycles. The van der Waals surface area contributed by atoms with E-state index in [0.29, 0.717) is 22.2 Å². The molecule has 3 aromatic rings. The van der Waals surface area contributed by atoms with Crippen molar-refractivity contribution in [2.24, 2.45) is 16.5 Å². The summed E-state index contributed by atoms with van der Waals surface area (Å²) < 4.78 is 14.4. The van der Waals surface area contributed by atoms with Crippen LogP contribution in [0.15, 0.2) is 47.5 Å². The number of aromatic nitrogens is 1. The standard InChI is InChI=1S/C18H14ClFN4O/c1-9-7-12(16-13(19)3-2-4-14(16)20)11-8-10(5-6-15(11)23-9)17(25)24-18(21)22/h2-8H,1H3,(H4,21,22,24,25). The monoisotopic (exact) mass is 356 g/mol. The summed E-state index contributed by atoms with van der Waals surface area (Å²) in [6.45, 7) is 1.80. The minimum absolute atomic E-state index is 0.256. The van der Waals surface area contributed by atoms with Gasteiger partial charge >= 0.3 is 0 Å². The number of hydrogen-bond donors (Lipinski definition) is 2. The van der Waals surface area contributed by atoms with Gasteiger partial charge in [0.25, 0.3) is 5.91 Å². The van der Waals surface area contributed by atoms with E-state index >= 15 is 0 Å². The highest BCUT2D eigenvalue weighted by atomic mass is 35.5. The minimum atomic E-state index is -0.590. The molecule has 0 radical (unpaired) electrons. The van der Waals surface area contributed by atoms with Crippen molar-refractivity contribution in [2.75, 3.05) is 0 Å². The van der Waals surface area contributed by atoms with Crippen LogP contribution in [0.25, 0.3) is 22.0 Å². The van der Waals surface area contributed by atoms with E-state index in [0.717, 1.165) is 0 Å². The number of fused-ring (bicyclic) bond motifs is 1. The van der Waals surface area contributed by atoms with Crippen LogP contribution >= 0.6 is 11.6 Å². The van der Waals surface area contributed by atoms with Gasteiger partial charge in [0, 0.05) is 22.2 Å². The fraction of sp³-hybridized carbons (Fsp3) is 0.0556. The highest BCUT2D eigenvalue weighted by molar-refractivity contribution is 6.33. The lowest BCUT2D eigenvalue weighted by Gasteiger charge is -2.11. The number of hydrogen-bond acceptors (Lipinski definition) is 2. The normalized spacial score (nSPS) is 10.7. The third-order valence-electron chi connectivity index (χ3n) is 3.65. The van der Waals surface area contributed by atoms with Gasteiger partial charge in [0.15, 0.2) is 5.96 Å². The molecule has 0 bridgehead atoms. The number of carbonyl (C=O) groups is 1. The zero-order valence-corrected chi connectivity index (χ0v) is 14.0. The molecule has 5 nitrogen and oxygen atoms in total. The van der Waals surface area contributed by atoms with E-state index in [9.17, 15) is 9.18 Å². The summed E-state index contributed by atoms with van der Waals surface area (Å²) in [6.07, 6.45) is 0. The van der Waals surface area contributed by atoms with Gasteiger partial charge in [-0.3, -0.25) is 9.78 Å². The van der Waals surface area contributed by atoms with Crippen LogP contribution in [-0.2, 0) is 0 Å². The molecule has 2 aromatic carbocycles. The number of amides is 1. The van der Waals surface area contributed by atoms with E-state index < -0.39 is 11.7 Å². The first kappa shape index (κ1) is 16.9. The Morgan fingerprint density at radius 2 is 1.96 bits per heavy atom. The number of rotatable bonds is 2. The molecule has 0 fully saturated rings. The molecule has 7 heteroatoms. The van der Waals surface area contributed by atoms with E-state index in [1.165, 1.54) is 12.1 Å². The maximum atomic E-state index is 14.4. The molecular formula is C18H14ClFN4O. The SMILES string of the molecule is Cc1cc(-c2c(F)cccc2Cl)c2cc(C(=O)N=C(N)N)ccc2n1. The predicted molar refractivity (Wildman–Crippen MR) is 97.0 cm³/mol. The molecule has 0 aliphatic heterocycles. The summed E-state index contributed by atoms with van der Waals surface area (Å²) in [7, 11) is 0. The molecule has 3 rings (SSSR count). The lowest BCUT2D eigenvalue weighted by molar-refractivity contribution is 0.100. The van der Waals surface area contributed by atoms with Crippen LogP contribution in [-0.4, -0.2) is 16.9 Å². The lowest BCUT2D eigenvalue weighted by Crippen LogP contribution is -2.24. The van der Waals surface area contributed by atoms with Gasteiger partial charge in [0.05, 0.1) is 10.5 Å². The Morgan fingerprint density at radius 3 is 2.64 bits per heavy atom. The van der Waals surface area contributed by atoms with Gasteiger partial charge in [-0.1, -0.05) is 17.7 Å². The van der Waals surface area contributed by atoms with Crippen molar-refractivity contribution in [1.82, 2.24) is 4.98 Å². The smallest absolute Gasteiger partial charge is 0.280 e. The lowest BCUT2D eigenvalue weighted by atomic mass is 9.98. The van der Waals surface area contributed by atoms with Gasteiger partial charge in [0.1, 0.15) is 5.82 Å². The van der Waals surface area contributed by atoms with Crippen molar-refractivity contribution in [3.05, 3.63) is 64.6 Å². The number of benzene rings is 2. The van der Waals surface area contributed by atoms with Crippen LogP contribution in [0.5, 0.6) is 0 Å². The van der Waals surface area contributed by atoms with Gasteiger partial charge in [-0.15, -0.1) is 0 Å². The Bertz CT molecular complexity index is 1010. The molecule has 1 amide bonds. The summed E-state index contributed by atoms with van der Waals surface area (Å²) in [5.74, 6) is -1.38. The molecule has 0 saturated heterocycles. The molecule has 0 atom stereocenters. The third-order valence-corrected chi connectivity index (χ3v) is 3.96. The fourth-order valence-electron chi connectivity index (χ4n) is 2.63. The van der Waals surface area contributed by atoms with Crippen molar-refractivity contribution < 1.29 is 9.18 Å². The first-order chi connectivity index (χ1) is 11.9. The summed E-state index contributed by atoms with van der Waals surface area (Å²) in [6, 6.07) is 11.0. The second kappa shape index (κ2) is 6.49. The number of carbonyl (C=O) groups excluding carboxylic acids is 1. The Kier molecular flexibility index (Phi) is 4.37. The largest absolute Gasteiger partial charge is 0.370 e. The van der Waals surface area contributed by atoms with Crippen molar-refractivity contribution in [3.63, 3.8) is 0 Å². The molecular weight excluding hydrogens is 343 g/mol. The summed E-state index contributed by atoms with van der Waals surface area (Å²) >= 11 is 6.21. The second-order valence-corrected chi connectivity index (χ2v) is 5.89.